The van der Waals surface area contributed by atoms with Crippen LogP contribution in [0.3, 0.4) is 0 Å². The second-order valence-electron chi connectivity index (χ2n) is 4.78. The normalized spacial score (nSPS) is 15.6. The monoisotopic (exact) mass is 311 g/mol. The van der Waals surface area contributed by atoms with Gasteiger partial charge in [0, 0.05) is 36.9 Å². The van der Waals surface area contributed by atoms with E-state index in [4.69, 9.17) is 11.6 Å². The van der Waals surface area contributed by atoms with Crippen LogP contribution < -0.4 is 10.2 Å². The van der Waals surface area contributed by atoms with Gasteiger partial charge in [0.2, 0.25) is 5.91 Å². The summed E-state index contributed by atoms with van der Waals surface area (Å²) in [5.74, 6) is -0.349. The number of nitrogens with one attached hydrogen (secondary N) is 1. The second kappa shape index (κ2) is 7.28. The molecule has 0 radical (unpaired) electrons. The Bertz CT molecular complexity index is 516. The minimum atomic E-state index is -0.724. The molecule has 0 aliphatic carbocycles. The molecular weight excluding hydrogens is 294 g/mol. The van der Waals surface area contributed by atoms with Crippen molar-refractivity contribution in [3.05, 3.63) is 29.3 Å². The number of carbonyl (C=O) groups is 2. The molecule has 0 aromatic heterocycles. The molecule has 2 rings (SSSR count). The first-order chi connectivity index (χ1) is 10.1. The van der Waals surface area contributed by atoms with Gasteiger partial charge in [-0.25, -0.2) is 4.79 Å². The van der Waals surface area contributed by atoms with E-state index < -0.39 is 6.09 Å². The molecule has 0 spiro atoms. The average Bonchev–Trinajstić information content (AvgIpc) is 2.47. The number of imide groups is 1. The van der Waals surface area contributed by atoms with Crippen LogP contribution in [0.15, 0.2) is 24.3 Å². The Morgan fingerprint density at radius 1 is 1.29 bits per heavy atom. The Hall–Kier alpha value is -1.79. The summed E-state index contributed by atoms with van der Waals surface area (Å²) in [5.41, 5.74) is 1.08. The van der Waals surface area contributed by atoms with Crippen LogP contribution >= 0.6 is 11.6 Å². The van der Waals surface area contributed by atoms with Gasteiger partial charge in [0.25, 0.3) is 0 Å². The van der Waals surface area contributed by atoms with Crippen molar-refractivity contribution in [3.8, 4) is 0 Å². The molecule has 7 heteroatoms. The zero-order chi connectivity index (χ0) is 15.2. The molecule has 1 aliphatic heterocycles. The van der Waals surface area contributed by atoms with Gasteiger partial charge in [0.15, 0.2) is 0 Å². The van der Waals surface area contributed by atoms with Gasteiger partial charge in [0.05, 0.1) is 13.7 Å². The fourth-order valence-corrected chi connectivity index (χ4v) is 2.43. The largest absolute Gasteiger partial charge is 0.453 e. The van der Waals surface area contributed by atoms with Crippen molar-refractivity contribution in [1.29, 1.82) is 0 Å². The third-order valence-electron chi connectivity index (χ3n) is 3.34. The number of carbonyl (C=O) groups excluding carboxylic acids is 2. The quantitative estimate of drug-likeness (QED) is 0.913. The van der Waals surface area contributed by atoms with Crippen molar-refractivity contribution in [2.75, 3.05) is 44.7 Å². The van der Waals surface area contributed by atoms with Crippen molar-refractivity contribution < 1.29 is 14.3 Å². The highest BCUT2D eigenvalue weighted by molar-refractivity contribution is 6.30. The van der Waals surface area contributed by atoms with E-state index in [1.54, 1.807) is 0 Å². The molecule has 1 aliphatic rings. The highest BCUT2D eigenvalue weighted by Crippen LogP contribution is 2.20. The number of amides is 2. The molecule has 1 aromatic rings. The number of benzene rings is 1. The highest BCUT2D eigenvalue weighted by atomic mass is 35.5. The molecule has 21 heavy (non-hydrogen) atoms. The number of halogens is 1. The van der Waals surface area contributed by atoms with Crippen molar-refractivity contribution in [2.24, 2.45) is 0 Å². The van der Waals surface area contributed by atoms with E-state index in [0.29, 0.717) is 5.02 Å². The second-order valence-corrected chi connectivity index (χ2v) is 5.22. The molecule has 1 saturated heterocycles. The SMILES string of the molecule is COC(=O)NC(=O)CN1CCN(c2cccc(Cl)c2)CC1. The van der Waals surface area contributed by atoms with Crippen molar-refractivity contribution in [2.45, 2.75) is 0 Å². The van der Waals surface area contributed by atoms with E-state index in [9.17, 15) is 9.59 Å². The third-order valence-corrected chi connectivity index (χ3v) is 3.57. The van der Waals surface area contributed by atoms with E-state index >= 15 is 0 Å². The predicted molar refractivity (Wildman–Crippen MR) is 80.7 cm³/mol. The number of rotatable bonds is 3. The molecule has 1 aromatic carbocycles. The van der Waals surface area contributed by atoms with Gasteiger partial charge in [-0.3, -0.25) is 15.0 Å². The lowest BCUT2D eigenvalue weighted by atomic mass is 10.2. The lowest BCUT2D eigenvalue weighted by molar-refractivity contribution is -0.121. The fraction of sp³-hybridized carbons (Fsp3) is 0.429. The zero-order valence-electron chi connectivity index (χ0n) is 11.8. The number of hydrogen-bond acceptors (Lipinski definition) is 5. The molecular formula is C14H18ClN3O3. The summed E-state index contributed by atoms with van der Waals surface area (Å²) >= 11 is 5.99. The first kappa shape index (κ1) is 15.6. The summed E-state index contributed by atoms with van der Waals surface area (Å²) in [4.78, 5) is 26.8. The van der Waals surface area contributed by atoms with Crippen LogP contribution in [0.25, 0.3) is 0 Å². The fourth-order valence-electron chi connectivity index (χ4n) is 2.24. The topological polar surface area (TPSA) is 61.9 Å². The molecule has 6 nitrogen and oxygen atoms in total. The minimum Gasteiger partial charge on any atom is -0.453 e. The van der Waals surface area contributed by atoms with Gasteiger partial charge in [-0.1, -0.05) is 17.7 Å². The molecule has 0 bridgehead atoms. The molecule has 1 N–H and O–H groups in total. The van der Waals surface area contributed by atoms with E-state index in [0.717, 1.165) is 31.9 Å². The number of ether oxygens (including phenoxy) is 1. The molecule has 1 heterocycles. The van der Waals surface area contributed by atoms with Crippen molar-refractivity contribution >= 4 is 29.3 Å². The van der Waals surface area contributed by atoms with Crippen LogP contribution in [0.5, 0.6) is 0 Å². The number of alkyl carbamates (subject to hydrolysis) is 1. The highest BCUT2D eigenvalue weighted by Gasteiger charge is 2.20. The molecule has 114 valence electrons. The standard InChI is InChI=1S/C14H18ClN3O3/c1-21-14(20)16-13(19)10-17-5-7-18(8-6-17)12-4-2-3-11(15)9-12/h2-4,9H,5-8,10H2,1H3,(H,16,19,20). The van der Waals surface area contributed by atoms with Crippen LogP contribution in [-0.2, 0) is 9.53 Å². The maximum absolute atomic E-state index is 11.6. The van der Waals surface area contributed by atoms with Crippen LogP contribution in [0.1, 0.15) is 0 Å². The number of methoxy groups -OCH3 is 1. The Balaban J connectivity index is 1.80. The third kappa shape index (κ3) is 4.61. The van der Waals surface area contributed by atoms with E-state index in [1.807, 2.05) is 29.2 Å². The number of anilines is 1. The van der Waals surface area contributed by atoms with Gasteiger partial charge in [-0.05, 0) is 18.2 Å². The van der Waals surface area contributed by atoms with Crippen molar-refractivity contribution in [3.63, 3.8) is 0 Å². The lowest BCUT2D eigenvalue weighted by Gasteiger charge is -2.35. The van der Waals surface area contributed by atoms with Gasteiger partial charge in [0.1, 0.15) is 0 Å². The summed E-state index contributed by atoms with van der Waals surface area (Å²) < 4.78 is 4.39. The Morgan fingerprint density at radius 2 is 2.00 bits per heavy atom. The Labute approximate surface area is 128 Å². The molecule has 0 saturated carbocycles. The van der Waals surface area contributed by atoms with Crippen LogP contribution in [-0.4, -0.2) is 56.7 Å². The number of nitrogens with zero attached hydrogens (tertiary/aromatic N) is 2. The lowest BCUT2D eigenvalue weighted by Crippen LogP contribution is -2.50. The Kier molecular flexibility index (Phi) is 5.41. The van der Waals surface area contributed by atoms with Crippen LogP contribution in [0.4, 0.5) is 10.5 Å². The smallest absolute Gasteiger partial charge is 0.413 e. The summed E-state index contributed by atoms with van der Waals surface area (Å²) in [6, 6.07) is 7.72. The van der Waals surface area contributed by atoms with E-state index in [-0.39, 0.29) is 12.5 Å². The minimum absolute atomic E-state index is 0.193. The van der Waals surface area contributed by atoms with Crippen LogP contribution in [0.2, 0.25) is 5.02 Å². The summed E-state index contributed by atoms with van der Waals surface area (Å²) in [6.07, 6.45) is -0.724. The first-order valence-electron chi connectivity index (χ1n) is 6.69. The summed E-state index contributed by atoms with van der Waals surface area (Å²) in [5, 5.41) is 2.87. The molecule has 2 amide bonds. The van der Waals surface area contributed by atoms with Gasteiger partial charge in [-0.2, -0.15) is 0 Å². The summed E-state index contributed by atoms with van der Waals surface area (Å²) in [7, 11) is 1.23. The van der Waals surface area contributed by atoms with Gasteiger partial charge >= 0.3 is 6.09 Å². The average molecular weight is 312 g/mol. The van der Waals surface area contributed by atoms with Crippen LogP contribution in [0, 0.1) is 0 Å². The van der Waals surface area contributed by atoms with E-state index in [1.165, 1.54) is 7.11 Å². The first-order valence-corrected chi connectivity index (χ1v) is 7.07. The maximum atomic E-state index is 11.6. The van der Waals surface area contributed by atoms with E-state index in [2.05, 4.69) is 15.0 Å². The zero-order valence-corrected chi connectivity index (χ0v) is 12.6. The number of piperazine rings is 1. The Morgan fingerprint density at radius 3 is 2.62 bits per heavy atom. The van der Waals surface area contributed by atoms with Gasteiger partial charge in [-0.15, -0.1) is 0 Å². The predicted octanol–water partition coefficient (Wildman–Crippen LogP) is 1.34. The maximum Gasteiger partial charge on any atom is 0.413 e. The van der Waals surface area contributed by atoms with Crippen molar-refractivity contribution in [1.82, 2.24) is 10.2 Å². The molecule has 0 atom stereocenters. The molecule has 0 unspecified atom stereocenters. The van der Waals surface area contributed by atoms with Gasteiger partial charge < -0.3 is 9.64 Å². The summed E-state index contributed by atoms with van der Waals surface area (Å²) in [6.45, 7) is 3.32. The number of hydrogen-bond donors (Lipinski definition) is 1. The molecule has 1 fully saturated rings.